The van der Waals surface area contributed by atoms with Crippen molar-refractivity contribution in [2.24, 2.45) is 0 Å². The van der Waals surface area contributed by atoms with Crippen molar-refractivity contribution in [2.75, 3.05) is 0 Å². The Morgan fingerprint density at radius 2 is 1.78 bits per heavy atom. The third-order valence-electron chi connectivity index (χ3n) is 2.85. The predicted octanol–water partition coefficient (Wildman–Crippen LogP) is 4.80. The van der Waals surface area contributed by atoms with E-state index in [1.165, 1.54) is 12.1 Å². The van der Waals surface area contributed by atoms with Crippen LogP contribution in [0.25, 0.3) is 0 Å². The lowest BCUT2D eigenvalue weighted by Gasteiger charge is -2.12. The Morgan fingerprint density at radius 1 is 1.06 bits per heavy atom. The van der Waals surface area contributed by atoms with Crippen molar-refractivity contribution in [1.82, 2.24) is 0 Å². The molecule has 1 atom stereocenters. The van der Waals surface area contributed by atoms with Gasteiger partial charge in [-0.2, -0.15) is 0 Å². The highest BCUT2D eigenvalue weighted by Gasteiger charge is 2.15. The van der Waals surface area contributed by atoms with E-state index < -0.39 is 5.38 Å². The summed E-state index contributed by atoms with van der Waals surface area (Å²) in [4.78, 5) is 0. The molecule has 0 aliphatic rings. The maximum absolute atomic E-state index is 13.7. The van der Waals surface area contributed by atoms with E-state index in [9.17, 15) is 8.78 Å². The van der Waals surface area contributed by atoms with Crippen molar-refractivity contribution in [3.63, 3.8) is 0 Å². The minimum Gasteiger partial charge on any atom is -0.207 e. The van der Waals surface area contributed by atoms with Gasteiger partial charge in [-0.05, 0) is 36.6 Å². The van der Waals surface area contributed by atoms with Crippen LogP contribution in [0.2, 0.25) is 0 Å². The Morgan fingerprint density at radius 3 is 2.44 bits per heavy atom. The summed E-state index contributed by atoms with van der Waals surface area (Å²) in [6, 6.07) is 11.3. The van der Waals surface area contributed by atoms with Crippen molar-refractivity contribution < 1.29 is 8.78 Å². The van der Waals surface area contributed by atoms with Crippen LogP contribution < -0.4 is 0 Å². The lowest BCUT2D eigenvalue weighted by molar-refractivity contribution is 0.591. The molecule has 0 aromatic heterocycles. The van der Waals surface area contributed by atoms with Crippen LogP contribution in [0.15, 0.2) is 42.5 Å². The minimum atomic E-state index is -0.567. The van der Waals surface area contributed by atoms with Crippen molar-refractivity contribution in [1.29, 1.82) is 0 Å². The molecule has 0 fully saturated rings. The normalized spacial score (nSPS) is 12.4. The first-order chi connectivity index (χ1) is 8.58. The highest BCUT2D eigenvalue weighted by Crippen LogP contribution is 2.28. The molecule has 0 nitrogen and oxygen atoms in total. The summed E-state index contributed by atoms with van der Waals surface area (Å²) < 4.78 is 27.2. The van der Waals surface area contributed by atoms with Crippen LogP contribution in [0, 0.1) is 18.6 Å². The van der Waals surface area contributed by atoms with Gasteiger partial charge in [-0.15, -0.1) is 11.6 Å². The van der Waals surface area contributed by atoms with Gasteiger partial charge in [0.1, 0.15) is 11.6 Å². The first-order valence-corrected chi connectivity index (χ1v) is 6.15. The van der Waals surface area contributed by atoms with Crippen LogP contribution in [0.5, 0.6) is 0 Å². The lowest BCUT2D eigenvalue weighted by atomic mass is 10.0. The fourth-order valence-electron chi connectivity index (χ4n) is 1.85. The molecular weight excluding hydrogens is 254 g/mol. The molecule has 0 spiro atoms. The number of alkyl halides is 1. The summed E-state index contributed by atoms with van der Waals surface area (Å²) >= 11 is 6.16. The minimum absolute atomic E-state index is 0.272. The van der Waals surface area contributed by atoms with E-state index in [2.05, 4.69) is 0 Å². The Kier molecular flexibility index (Phi) is 3.97. The smallest absolute Gasteiger partial charge is 0.128 e. The monoisotopic (exact) mass is 266 g/mol. The van der Waals surface area contributed by atoms with E-state index in [0.29, 0.717) is 11.1 Å². The van der Waals surface area contributed by atoms with Gasteiger partial charge < -0.3 is 0 Å². The zero-order valence-electron chi connectivity index (χ0n) is 9.96. The zero-order chi connectivity index (χ0) is 13.1. The highest BCUT2D eigenvalue weighted by atomic mass is 35.5. The molecule has 0 bridgehead atoms. The maximum atomic E-state index is 13.7. The van der Waals surface area contributed by atoms with Crippen molar-refractivity contribution in [2.45, 2.75) is 18.7 Å². The van der Waals surface area contributed by atoms with Gasteiger partial charge in [0.05, 0.1) is 5.38 Å². The zero-order valence-corrected chi connectivity index (χ0v) is 10.7. The number of aryl methyl sites for hydroxylation is 1. The van der Waals surface area contributed by atoms with E-state index in [1.807, 2.05) is 6.92 Å². The van der Waals surface area contributed by atoms with E-state index in [-0.39, 0.29) is 18.1 Å². The van der Waals surface area contributed by atoms with Gasteiger partial charge in [0.15, 0.2) is 0 Å². The average molecular weight is 267 g/mol. The van der Waals surface area contributed by atoms with Gasteiger partial charge in [0.25, 0.3) is 0 Å². The summed E-state index contributed by atoms with van der Waals surface area (Å²) in [6.45, 7) is 1.81. The Labute approximate surface area is 110 Å². The first kappa shape index (κ1) is 13.0. The van der Waals surface area contributed by atoms with Crippen molar-refractivity contribution in [3.8, 4) is 0 Å². The second-order valence-corrected chi connectivity index (χ2v) is 4.81. The van der Waals surface area contributed by atoms with Gasteiger partial charge in [0.2, 0.25) is 0 Å². The van der Waals surface area contributed by atoms with E-state index in [4.69, 9.17) is 11.6 Å². The molecule has 3 heteroatoms. The van der Waals surface area contributed by atoms with Gasteiger partial charge >= 0.3 is 0 Å². The molecule has 2 rings (SSSR count). The molecule has 0 aliphatic heterocycles. The second kappa shape index (κ2) is 5.49. The van der Waals surface area contributed by atoms with E-state index >= 15 is 0 Å². The molecule has 2 aromatic rings. The van der Waals surface area contributed by atoms with E-state index in [1.54, 1.807) is 30.3 Å². The quantitative estimate of drug-likeness (QED) is 0.701. The third kappa shape index (κ3) is 2.88. The first-order valence-electron chi connectivity index (χ1n) is 5.71. The molecule has 0 aliphatic carbocycles. The van der Waals surface area contributed by atoms with Crippen molar-refractivity contribution >= 4 is 11.6 Å². The number of hydrogen-bond donors (Lipinski definition) is 0. The SMILES string of the molecule is Cc1ccc(C(Cl)Cc2ccccc2F)c(F)c1. The standard InChI is InChI=1S/C15H13ClF2/c1-10-6-7-12(15(18)8-10)13(16)9-11-4-2-3-5-14(11)17/h2-8,13H,9H2,1H3. The molecule has 2 aromatic carbocycles. The molecule has 0 saturated heterocycles. The highest BCUT2D eigenvalue weighted by molar-refractivity contribution is 6.20. The van der Waals surface area contributed by atoms with Gasteiger partial charge in [-0.1, -0.05) is 30.3 Å². The molecule has 0 radical (unpaired) electrons. The molecule has 0 N–H and O–H groups in total. The number of benzene rings is 2. The Hall–Kier alpha value is -1.41. The van der Waals surface area contributed by atoms with Crippen LogP contribution in [-0.2, 0) is 6.42 Å². The lowest BCUT2D eigenvalue weighted by Crippen LogP contribution is -2.01. The number of halogens is 3. The largest absolute Gasteiger partial charge is 0.207 e. The van der Waals surface area contributed by atoms with Gasteiger partial charge in [0, 0.05) is 5.56 Å². The summed E-state index contributed by atoms with van der Waals surface area (Å²) in [5.74, 6) is -0.651. The second-order valence-electron chi connectivity index (χ2n) is 4.29. The van der Waals surface area contributed by atoms with Gasteiger partial charge in [-0.25, -0.2) is 8.78 Å². The predicted molar refractivity (Wildman–Crippen MR) is 69.8 cm³/mol. The Balaban J connectivity index is 2.22. The molecule has 94 valence electrons. The number of hydrogen-bond acceptors (Lipinski definition) is 0. The van der Waals surface area contributed by atoms with Crippen LogP contribution >= 0.6 is 11.6 Å². The Bertz CT molecular complexity index is 552. The third-order valence-corrected chi connectivity index (χ3v) is 3.24. The topological polar surface area (TPSA) is 0 Å². The van der Waals surface area contributed by atoms with Crippen LogP contribution in [-0.4, -0.2) is 0 Å². The maximum Gasteiger partial charge on any atom is 0.128 e. The molecule has 1 unspecified atom stereocenters. The molecule has 18 heavy (non-hydrogen) atoms. The summed E-state index contributed by atoms with van der Waals surface area (Å²) in [7, 11) is 0. The fourth-order valence-corrected chi connectivity index (χ4v) is 2.20. The summed E-state index contributed by atoms with van der Waals surface area (Å²) in [6.07, 6.45) is 0.272. The summed E-state index contributed by atoms with van der Waals surface area (Å²) in [5, 5.41) is -0.567. The molecule has 0 heterocycles. The number of rotatable bonds is 3. The summed E-state index contributed by atoms with van der Waals surface area (Å²) in [5.41, 5.74) is 1.74. The van der Waals surface area contributed by atoms with Crippen LogP contribution in [0.4, 0.5) is 8.78 Å². The van der Waals surface area contributed by atoms with Gasteiger partial charge in [-0.3, -0.25) is 0 Å². The van der Waals surface area contributed by atoms with Crippen LogP contribution in [0.3, 0.4) is 0 Å². The molecular formula is C15H13ClF2. The fraction of sp³-hybridized carbons (Fsp3) is 0.200. The van der Waals surface area contributed by atoms with Crippen molar-refractivity contribution in [3.05, 3.63) is 70.8 Å². The molecule has 0 saturated carbocycles. The average Bonchev–Trinajstić information content (AvgIpc) is 2.32. The van der Waals surface area contributed by atoms with E-state index in [0.717, 1.165) is 5.56 Å². The molecule has 0 amide bonds. The van der Waals surface area contributed by atoms with Crippen LogP contribution in [0.1, 0.15) is 22.1 Å².